The summed E-state index contributed by atoms with van der Waals surface area (Å²) in [6, 6.07) is -0.0146. The highest BCUT2D eigenvalue weighted by molar-refractivity contribution is 5.00. The summed E-state index contributed by atoms with van der Waals surface area (Å²) >= 11 is 0. The minimum absolute atomic E-state index is 0.0146. The van der Waals surface area contributed by atoms with Gasteiger partial charge in [0.15, 0.2) is 0 Å². The van der Waals surface area contributed by atoms with E-state index in [2.05, 4.69) is 9.97 Å². The Labute approximate surface area is 96.2 Å². The third-order valence-corrected chi connectivity index (χ3v) is 3.04. The molecule has 1 aromatic rings. The predicted octanol–water partition coefficient (Wildman–Crippen LogP) is 1.83. The molecule has 1 saturated heterocycles. The first-order valence-corrected chi connectivity index (χ1v) is 5.99. The van der Waals surface area contributed by atoms with Crippen molar-refractivity contribution in [2.45, 2.75) is 44.2 Å². The van der Waals surface area contributed by atoms with Crippen molar-refractivity contribution in [2.24, 2.45) is 5.73 Å². The van der Waals surface area contributed by atoms with E-state index in [1.54, 1.807) is 18.6 Å². The van der Waals surface area contributed by atoms with Gasteiger partial charge in [0.2, 0.25) is 0 Å². The first-order valence-electron chi connectivity index (χ1n) is 5.99. The van der Waals surface area contributed by atoms with Crippen molar-refractivity contribution in [1.82, 2.24) is 9.97 Å². The Morgan fingerprint density at radius 3 is 3.06 bits per heavy atom. The van der Waals surface area contributed by atoms with Gasteiger partial charge >= 0.3 is 0 Å². The summed E-state index contributed by atoms with van der Waals surface area (Å²) in [7, 11) is 0. The maximum atomic E-state index is 6.05. The largest absolute Gasteiger partial charge is 0.378 e. The van der Waals surface area contributed by atoms with E-state index in [1.807, 2.05) is 0 Å². The lowest BCUT2D eigenvalue weighted by molar-refractivity contribution is 0.00907. The lowest BCUT2D eigenvalue weighted by atomic mass is 10.0. The molecule has 0 bridgehead atoms. The highest BCUT2D eigenvalue weighted by atomic mass is 16.5. The van der Waals surface area contributed by atoms with Crippen LogP contribution in [-0.4, -0.2) is 22.7 Å². The zero-order chi connectivity index (χ0) is 11.2. The molecule has 1 fully saturated rings. The Balaban J connectivity index is 1.77. The van der Waals surface area contributed by atoms with Gasteiger partial charge < -0.3 is 10.5 Å². The van der Waals surface area contributed by atoms with E-state index in [-0.39, 0.29) is 6.04 Å². The SMILES string of the molecule is NC(CCC1CCCCO1)c1cnccn1. The first kappa shape index (κ1) is 11.5. The molecule has 2 unspecified atom stereocenters. The topological polar surface area (TPSA) is 61.0 Å². The van der Waals surface area contributed by atoms with Crippen molar-refractivity contribution < 1.29 is 4.74 Å². The quantitative estimate of drug-likeness (QED) is 0.842. The van der Waals surface area contributed by atoms with Gasteiger partial charge in [0.05, 0.1) is 11.8 Å². The molecule has 2 atom stereocenters. The Hall–Kier alpha value is -1.00. The van der Waals surface area contributed by atoms with Crippen molar-refractivity contribution in [3.05, 3.63) is 24.3 Å². The molecule has 2 heterocycles. The van der Waals surface area contributed by atoms with Crippen LogP contribution in [0.3, 0.4) is 0 Å². The summed E-state index contributed by atoms with van der Waals surface area (Å²) < 4.78 is 5.67. The highest BCUT2D eigenvalue weighted by Gasteiger charge is 2.16. The van der Waals surface area contributed by atoms with Gasteiger partial charge in [-0.25, -0.2) is 0 Å². The second-order valence-electron chi connectivity index (χ2n) is 4.30. The second-order valence-corrected chi connectivity index (χ2v) is 4.30. The van der Waals surface area contributed by atoms with Crippen LogP contribution in [0.1, 0.15) is 43.8 Å². The van der Waals surface area contributed by atoms with Gasteiger partial charge in [0, 0.05) is 31.2 Å². The molecule has 1 aliphatic heterocycles. The van der Waals surface area contributed by atoms with Crippen LogP contribution in [0.2, 0.25) is 0 Å². The molecule has 2 rings (SSSR count). The summed E-state index contributed by atoms with van der Waals surface area (Å²) in [6.07, 6.45) is 11.1. The number of hydrogen-bond acceptors (Lipinski definition) is 4. The maximum Gasteiger partial charge on any atom is 0.0753 e. The van der Waals surface area contributed by atoms with E-state index in [0.717, 1.165) is 25.1 Å². The third-order valence-electron chi connectivity index (χ3n) is 3.04. The molecule has 0 radical (unpaired) electrons. The summed E-state index contributed by atoms with van der Waals surface area (Å²) in [6.45, 7) is 0.908. The molecule has 1 aliphatic rings. The number of aromatic nitrogens is 2. The monoisotopic (exact) mass is 221 g/mol. The zero-order valence-corrected chi connectivity index (χ0v) is 9.51. The molecule has 88 valence electrons. The molecule has 4 heteroatoms. The molecular formula is C12H19N3O. The summed E-state index contributed by atoms with van der Waals surface area (Å²) in [5, 5.41) is 0. The van der Waals surface area contributed by atoms with Gasteiger partial charge in [-0.3, -0.25) is 9.97 Å². The zero-order valence-electron chi connectivity index (χ0n) is 9.51. The number of hydrogen-bond donors (Lipinski definition) is 1. The fourth-order valence-corrected chi connectivity index (χ4v) is 2.05. The van der Waals surface area contributed by atoms with Gasteiger partial charge in [-0.2, -0.15) is 0 Å². The Morgan fingerprint density at radius 1 is 1.44 bits per heavy atom. The predicted molar refractivity (Wildman–Crippen MR) is 61.8 cm³/mol. The molecule has 2 N–H and O–H groups in total. The Bertz CT molecular complexity index is 298. The molecular weight excluding hydrogens is 202 g/mol. The van der Waals surface area contributed by atoms with Gasteiger partial charge in [-0.1, -0.05) is 0 Å². The van der Waals surface area contributed by atoms with Crippen LogP contribution < -0.4 is 5.73 Å². The minimum atomic E-state index is -0.0146. The standard InChI is InChI=1S/C12H19N3O/c13-11(12-9-14-6-7-15-12)5-4-10-3-1-2-8-16-10/h6-7,9-11H,1-5,8,13H2. The van der Waals surface area contributed by atoms with E-state index in [1.165, 1.54) is 19.3 Å². The molecule has 4 nitrogen and oxygen atoms in total. The van der Waals surface area contributed by atoms with Gasteiger partial charge in [0.25, 0.3) is 0 Å². The van der Waals surface area contributed by atoms with Crippen molar-refractivity contribution in [2.75, 3.05) is 6.61 Å². The average Bonchev–Trinajstić information content (AvgIpc) is 2.38. The van der Waals surface area contributed by atoms with E-state index in [9.17, 15) is 0 Å². The molecule has 0 amide bonds. The number of nitrogens with two attached hydrogens (primary N) is 1. The van der Waals surface area contributed by atoms with Gasteiger partial charge in [-0.05, 0) is 32.1 Å². The smallest absolute Gasteiger partial charge is 0.0753 e. The van der Waals surface area contributed by atoms with E-state index >= 15 is 0 Å². The van der Waals surface area contributed by atoms with Crippen LogP contribution in [0.4, 0.5) is 0 Å². The number of rotatable bonds is 4. The molecule has 0 saturated carbocycles. The van der Waals surface area contributed by atoms with Crippen molar-refractivity contribution >= 4 is 0 Å². The summed E-state index contributed by atoms with van der Waals surface area (Å²) in [4.78, 5) is 8.24. The van der Waals surface area contributed by atoms with Crippen LogP contribution in [0.5, 0.6) is 0 Å². The minimum Gasteiger partial charge on any atom is -0.378 e. The maximum absolute atomic E-state index is 6.05. The fourth-order valence-electron chi connectivity index (χ4n) is 2.05. The molecule has 1 aromatic heterocycles. The van der Waals surface area contributed by atoms with E-state index in [4.69, 9.17) is 10.5 Å². The fraction of sp³-hybridized carbons (Fsp3) is 0.667. The Morgan fingerprint density at radius 2 is 2.38 bits per heavy atom. The number of nitrogens with zero attached hydrogens (tertiary/aromatic N) is 2. The van der Waals surface area contributed by atoms with Crippen LogP contribution in [0.25, 0.3) is 0 Å². The molecule has 0 spiro atoms. The molecule has 16 heavy (non-hydrogen) atoms. The second kappa shape index (κ2) is 5.92. The molecule has 0 aromatic carbocycles. The Kier molecular flexibility index (Phi) is 4.25. The summed E-state index contributed by atoms with van der Waals surface area (Å²) in [5.41, 5.74) is 6.93. The van der Waals surface area contributed by atoms with Crippen LogP contribution in [-0.2, 0) is 4.74 Å². The molecule has 0 aliphatic carbocycles. The van der Waals surface area contributed by atoms with Crippen molar-refractivity contribution in [3.8, 4) is 0 Å². The highest BCUT2D eigenvalue weighted by Crippen LogP contribution is 2.20. The number of ether oxygens (including phenoxy) is 1. The van der Waals surface area contributed by atoms with Crippen molar-refractivity contribution in [3.63, 3.8) is 0 Å². The first-order chi connectivity index (χ1) is 7.86. The summed E-state index contributed by atoms with van der Waals surface area (Å²) in [5.74, 6) is 0. The third kappa shape index (κ3) is 3.25. The average molecular weight is 221 g/mol. The normalized spacial score (nSPS) is 22.9. The van der Waals surface area contributed by atoms with Crippen molar-refractivity contribution in [1.29, 1.82) is 0 Å². The van der Waals surface area contributed by atoms with E-state index in [0.29, 0.717) is 6.10 Å². The van der Waals surface area contributed by atoms with Gasteiger partial charge in [-0.15, -0.1) is 0 Å². The van der Waals surface area contributed by atoms with E-state index < -0.39 is 0 Å². The van der Waals surface area contributed by atoms with Crippen LogP contribution in [0, 0.1) is 0 Å². The lowest BCUT2D eigenvalue weighted by Crippen LogP contribution is -2.21. The van der Waals surface area contributed by atoms with Gasteiger partial charge in [0.1, 0.15) is 0 Å². The lowest BCUT2D eigenvalue weighted by Gasteiger charge is -2.23. The van der Waals surface area contributed by atoms with Crippen LogP contribution >= 0.6 is 0 Å². The van der Waals surface area contributed by atoms with Crippen LogP contribution in [0.15, 0.2) is 18.6 Å².